The Kier molecular flexibility index (Phi) is 7.07. The van der Waals surface area contributed by atoms with Gasteiger partial charge in [0, 0.05) is 23.7 Å². The molecule has 0 saturated carbocycles. The molecule has 2 saturated heterocycles. The normalized spacial score (nSPS) is 25.3. The number of nitrogens with one attached hydrogen (secondary N) is 3. The fraction of sp³-hybridized carbons (Fsp3) is 0.600. The lowest BCUT2D eigenvalue weighted by atomic mass is 9.97. The van der Waals surface area contributed by atoms with Gasteiger partial charge in [0.05, 0.1) is 0 Å². The average molecular weight is 380 g/mol. The summed E-state index contributed by atoms with van der Waals surface area (Å²) in [5.41, 5.74) is 1.54. The third-order valence-electron chi connectivity index (χ3n) is 5.44. The molecule has 2 heterocycles. The van der Waals surface area contributed by atoms with Crippen LogP contribution in [-0.2, 0) is 4.79 Å². The van der Waals surface area contributed by atoms with E-state index < -0.39 is 6.04 Å². The van der Waals surface area contributed by atoms with E-state index in [0.717, 1.165) is 18.4 Å². The summed E-state index contributed by atoms with van der Waals surface area (Å²) in [6, 6.07) is 8.21. The lowest BCUT2D eigenvalue weighted by molar-refractivity contribution is -0.124. The predicted molar refractivity (Wildman–Crippen MR) is 106 cm³/mol. The van der Waals surface area contributed by atoms with Gasteiger partial charge in [-0.1, -0.05) is 32.0 Å². The van der Waals surface area contributed by atoms with Crippen molar-refractivity contribution < 1.29 is 9.59 Å². The summed E-state index contributed by atoms with van der Waals surface area (Å²) in [7, 11) is 0. The predicted octanol–water partition coefficient (Wildman–Crippen LogP) is 2.57. The van der Waals surface area contributed by atoms with Crippen LogP contribution in [0.15, 0.2) is 24.3 Å². The number of fused-ring (bicyclic) bond motifs is 2. The van der Waals surface area contributed by atoms with Gasteiger partial charge in [-0.05, 0) is 50.2 Å². The Hall–Kier alpha value is -1.59. The van der Waals surface area contributed by atoms with Gasteiger partial charge >= 0.3 is 0 Å². The van der Waals surface area contributed by atoms with Crippen molar-refractivity contribution in [2.45, 2.75) is 70.6 Å². The summed E-state index contributed by atoms with van der Waals surface area (Å²) in [6.07, 6.45) is 4.38. The highest BCUT2D eigenvalue weighted by atomic mass is 35.5. The summed E-state index contributed by atoms with van der Waals surface area (Å²) in [5.74, 6) is -0.216. The molecule has 1 aromatic carbocycles. The van der Waals surface area contributed by atoms with Gasteiger partial charge < -0.3 is 16.0 Å². The molecule has 2 amide bonds. The second-order valence-corrected chi connectivity index (χ2v) is 7.82. The molecule has 2 fully saturated rings. The van der Waals surface area contributed by atoms with Crippen molar-refractivity contribution in [3.63, 3.8) is 0 Å². The molecular weight excluding hydrogens is 350 g/mol. The number of hydrogen-bond donors (Lipinski definition) is 3. The first-order valence-corrected chi connectivity index (χ1v) is 9.37. The van der Waals surface area contributed by atoms with E-state index in [0.29, 0.717) is 17.6 Å². The second kappa shape index (κ2) is 8.87. The summed E-state index contributed by atoms with van der Waals surface area (Å²) in [6.45, 7) is 5.84. The van der Waals surface area contributed by atoms with E-state index in [1.165, 1.54) is 12.8 Å². The molecule has 3 N–H and O–H groups in total. The third-order valence-corrected chi connectivity index (χ3v) is 5.44. The number of amides is 2. The Balaban J connectivity index is 0.00000243. The maximum absolute atomic E-state index is 12.8. The molecule has 0 radical (unpaired) electrons. The minimum Gasteiger partial charge on any atom is -0.351 e. The van der Waals surface area contributed by atoms with Crippen LogP contribution < -0.4 is 16.0 Å². The number of carbonyl (C=O) groups is 2. The van der Waals surface area contributed by atoms with Crippen molar-refractivity contribution in [3.05, 3.63) is 35.4 Å². The van der Waals surface area contributed by atoms with Crippen molar-refractivity contribution in [2.24, 2.45) is 5.92 Å². The minimum atomic E-state index is -0.514. The molecule has 3 atom stereocenters. The standard InChI is InChI=1S/C20H29N3O2.ClH/c1-12(2)18(23-19(24)17-7-5-4-6-13(17)3)20(25)22-16-10-14-8-9-15(11-16)21-14;/h4-7,12,14-16,18,21H,8-11H2,1-3H3,(H,22,25)(H,23,24);1H. The zero-order valence-electron chi connectivity index (χ0n) is 15.7. The van der Waals surface area contributed by atoms with Crippen LogP contribution >= 0.6 is 12.4 Å². The van der Waals surface area contributed by atoms with Crippen LogP contribution in [0.5, 0.6) is 0 Å². The molecule has 2 aliphatic heterocycles. The molecule has 0 spiro atoms. The van der Waals surface area contributed by atoms with E-state index in [-0.39, 0.29) is 36.2 Å². The van der Waals surface area contributed by atoms with Gasteiger partial charge in [0.2, 0.25) is 5.91 Å². The molecule has 2 bridgehead atoms. The lowest BCUT2D eigenvalue weighted by Crippen LogP contribution is -2.55. The first-order chi connectivity index (χ1) is 11.9. The Labute approximate surface area is 162 Å². The van der Waals surface area contributed by atoms with Crippen molar-refractivity contribution in [2.75, 3.05) is 0 Å². The monoisotopic (exact) mass is 379 g/mol. The molecule has 144 valence electrons. The van der Waals surface area contributed by atoms with Crippen LogP contribution in [0.1, 0.15) is 55.5 Å². The molecule has 3 unspecified atom stereocenters. The minimum absolute atomic E-state index is 0. The maximum Gasteiger partial charge on any atom is 0.252 e. The van der Waals surface area contributed by atoms with E-state index >= 15 is 0 Å². The summed E-state index contributed by atoms with van der Waals surface area (Å²) >= 11 is 0. The van der Waals surface area contributed by atoms with Crippen LogP contribution in [0, 0.1) is 12.8 Å². The number of halogens is 1. The molecule has 1 aromatic rings. The highest BCUT2D eigenvalue weighted by Crippen LogP contribution is 2.26. The van der Waals surface area contributed by atoms with Gasteiger partial charge in [-0.3, -0.25) is 9.59 Å². The lowest BCUT2D eigenvalue weighted by Gasteiger charge is -2.31. The van der Waals surface area contributed by atoms with Gasteiger partial charge in [0.25, 0.3) is 5.91 Å². The first-order valence-electron chi connectivity index (χ1n) is 9.37. The van der Waals surface area contributed by atoms with Gasteiger partial charge in [0.1, 0.15) is 6.04 Å². The number of carbonyl (C=O) groups excluding carboxylic acids is 2. The maximum atomic E-state index is 12.8. The summed E-state index contributed by atoms with van der Waals surface area (Å²) < 4.78 is 0. The zero-order chi connectivity index (χ0) is 18.0. The molecule has 0 aromatic heterocycles. The Morgan fingerprint density at radius 1 is 1.12 bits per heavy atom. The molecule has 2 aliphatic rings. The number of benzene rings is 1. The van der Waals surface area contributed by atoms with Gasteiger partial charge in [-0.15, -0.1) is 12.4 Å². The van der Waals surface area contributed by atoms with E-state index in [1.54, 1.807) is 6.07 Å². The van der Waals surface area contributed by atoms with E-state index in [2.05, 4.69) is 16.0 Å². The summed E-state index contributed by atoms with van der Waals surface area (Å²) in [5, 5.41) is 9.70. The highest BCUT2D eigenvalue weighted by Gasteiger charge is 2.35. The second-order valence-electron chi connectivity index (χ2n) is 7.82. The zero-order valence-corrected chi connectivity index (χ0v) is 16.6. The first kappa shape index (κ1) is 20.7. The average Bonchev–Trinajstić information content (AvgIpc) is 2.91. The smallest absolute Gasteiger partial charge is 0.252 e. The number of rotatable bonds is 5. The van der Waals surface area contributed by atoms with Crippen molar-refractivity contribution in [3.8, 4) is 0 Å². The third kappa shape index (κ3) is 4.77. The fourth-order valence-corrected chi connectivity index (χ4v) is 4.05. The number of hydrogen-bond acceptors (Lipinski definition) is 3. The Morgan fingerprint density at radius 2 is 1.73 bits per heavy atom. The summed E-state index contributed by atoms with van der Waals surface area (Å²) in [4.78, 5) is 25.4. The molecule has 6 heteroatoms. The van der Waals surface area contributed by atoms with Crippen molar-refractivity contribution in [1.82, 2.24) is 16.0 Å². The quantitative estimate of drug-likeness (QED) is 0.736. The molecule has 0 aliphatic carbocycles. The van der Waals surface area contributed by atoms with Gasteiger partial charge in [0.15, 0.2) is 0 Å². The van der Waals surface area contributed by atoms with Crippen LogP contribution in [-0.4, -0.2) is 36.0 Å². The highest BCUT2D eigenvalue weighted by molar-refractivity contribution is 5.98. The Morgan fingerprint density at radius 3 is 2.31 bits per heavy atom. The van der Waals surface area contributed by atoms with E-state index in [9.17, 15) is 9.59 Å². The van der Waals surface area contributed by atoms with Crippen LogP contribution in [0.2, 0.25) is 0 Å². The topological polar surface area (TPSA) is 70.2 Å². The largest absolute Gasteiger partial charge is 0.351 e. The van der Waals surface area contributed by atoms with Gasteiger partial charge in [-0.25, -0.2) is 0 Å². The number of aryl methyl sites for hydroxylation is 1. The molecule has 5 nitrogen and oxygen atoms in total. The Bertz CT molecular complexity index is 638. The fourth-order valence-electron chi connectivity index (χ4n) is 4.05. The van der Waals surface area contributed by atoms with Crippen LogP contribution in [0.3, 0.4) is 0 Å². The van der Waals surface area contributed by atoms with Crippen molar-refractivity contribution in [1.29, 1.82) is 0 Å². The molecule has 26 heavy (non-hydrogen) atoms. The van der Waals surface area contributed by atoms with Crippen molar-refractivity contribution >= 4 is 24.2 Å². The number of piperidine rings is 1. The van der Waals surface area contributed by atoms with E-state index in [4.69, 9.17) is 0 Å². The van der Waals surface area contributed by atoms with Crippen LogP contribution in [0.4, 0.5) is 0 Å². The molecular formula is C20H30ClN3O2. The van der Waals surface area contributed by atoms with Gasteiger partial charge in [-0.2, -0.15) is 0 Å². The SMILES string of the molecule is Cc1ccccc1C(=O)NC(C(=O)NC1CC2CCC(C1)N2)C(C)C.Cl. The molecule has 3 rings (SSSR count). The van der Waals surface area contributed by atoms with E-state index in [1.807, 2.05) is 39.0 Å². The van der Waals surface area contributed by atoms with Crippen LogP contribution in [0.25, 0.3) is 0 Å².